The zero-order chi connectivity index (χ0) is 20.1. The Morgan fingerprint density at radius 3 is 2.64 bits per heavy atom. The summed E-state index contributed by atoms with van der Waals surface area (Å²) in [5, 5.41) is 11.6. The number of nitrogens with zero attached hydrogens (tertiary/aromatic N) is 2. The second-order valence-electron chi connectivity index (χ2n) is 6.89. The second-order valence-corrected chi connectivity index (χ2v) is 7.87. The molecular weight excluding hydrogens is 372 g/mol. The maximum absolute atomic E-state index is 13.0. The van der Waals surface area contributed by atoms with Crippen LogP contribution < -0.4 is 10.3 Å². The van der Waals surface area contributed by atoms with Crippen molar-refractivity contribution in [1.29, 1.82) is 0 Å². The third kappa shape index (κ3) is 4.56. The molecule has 0 fully saturated rings. The van der Waals surface area contributed by atoms with Crippen molar-refractivity contribution in [3.05, 3.63) is 64.4 Å². The lowest BCUT2D eigenvalue weighted by Crippen LogP contribution is -2.27. The van der Waals surface area contributed by atoms with Crippen LogP contribution in [-0.2, 0) is 0 Å². The number of aromatic nitrogens is 2. The molecule has 2 aromatic carbocycles. The predicted octanol–water partition coefficient (Wildman–Crippen LogP) is 4.21. The van der Waals surface area contributed by atoms with E-state index in [-0.39, 0.29) is 18.2 Å². The van der Waals surface area contributed by atoms with Gasteiger partial charge in [0.1, 0.15) is 12.4 Å². The van der Waals surface area contributed by atoms with Crippen LogP contribution in [0.15, 0.2) is 58.5 Å². The highest BCUT2D eigenvalue weighted by Crippen LogP contribution is 2.23. The van der Waals surface area contributed by atoms with Crippen molar-refractivity contribution >= 4 is 22.7 Å². The summed E-state index contributed by atoms with van der Waals surface area (Å²) in [5.74, 6) is 1.17. The van der Waals surface area contributed by atoms with Crippen molar-refractivity contribution < 1.29 is 9.84 Å². The van der Waals surface area contributed by atoms with E-state index in [1.807, 2.05) is 69.3 Å². The molecule has 1 heterocycles. The summed E-state index contributed by atoms with van der Waals surface area (Å²) in [6.07, 6.45) is 0.158. The van der Waals surface area contributed by atoms with E-state index in [1.165, 1.54) is 11.8 Å². The lowest BCUT2D eigenvalue weighted by atomic mass is 10.2. The normalized spacial score (nSPS) is 13.4. The number of hydrogen-bond acceptors (Lipinski definition) is 5. The Hall–Kier alpha value is -2.31. The van der Waals surface area contributed by atoms with E-state index in [2.05, 4.69) is 4.98 Å². The molecule has 28 heavy (non-hydrogen) atoms. The monoisotopic (exact) mass is 398 g/mol. The van der Waals surface area contributed by atoms with Crippen LogP contribution in [0.2, 0.25) is 0 Å². The summed E-state index contributed by atoms with van der Waals surface area (Å²) >= 11 is 1.39. The SMILES string of the molecule is CC[C@H](C)n1c(SC[C@H](O)COc2ccccc2C)nc2ccccc2c1=O. The fraction of sp³-hybridized carbons (Fsp3) is 0.364. The molecule has 5 nitrogen and oxygen atoms in total. The van der Waals surface area contributed by atoms with Gasteiger partial charge in [0, 0.05) is 11.8 Å². The smallest absolute Gasteiger partial charge is 0.262 e. The van der Waals surface area contributed by atoms with E-state index >= 15 is 0 Å². The molecular formula is C22H26N2O3S. The molecule has 0 amide bonds. The van der Waals surface area contributed by atoms with E-state index in [4.69, 9.17) is 4.74 Å². The molecule has 6 heteroatoms. The molecule has 0 aliphatic rings. The van der Waals surface area contributed by atoms with Gasteiger partial charge in [-0.3, -0.25) is 9.36 Å². The Labute approximate surface area is 169 Å². The first-order valence-electron chi connectivity index (χ1n) is 9.51. The van der Waals surface area contributed by atoms with Gasteiger partial charge in [-0.05, 0) is 44.0 Å². The highest BCUT2D eigenvalue weighted by atomic mass is 32.2. The molecule has 0 aliphatic carbocycles. The second kappa shape index (κ2) is 9.26. The van der Waals surface area contributed by atoms with Gasteiger partial charge in [-0.2, -0.15) is 0 Å². The number of aliphatic hydroxyl groups is 1. The average molecular weight is 399 g/mol. The molecule has 0 spiro atoms. The van der Waals surface area contributed by atoms with Crippen molar-refractivity contribution in [3.63, 3.8) is 0 Å². The quantitative estimate of drug-likeness (QED) is 0.455. The maximum Gasteiger partial charge on any atom is 0.262 e. The fourth-order valence-electron chi connectivity index (χ4n) is 2.92. The van der Waals surface area contributed by atoms with Gasteiger partial charge >= 0.3 is 0 Å². The topological polar surface area (TPSA) is 64.3 Å². The predicted molar refractivity (Wildman–Crippen MR) is 114 cm³/mol. The van der Waals surface area contributed by atoms with E-state index in [0.29, 0.717) is 21.8 Å². The highest BCUT2D eigenvalue weighted by molar-refractivity contribution is 7.99. The lowest BCUT2D eigenvalue weighted by Gasteiger charge is -2.19. The zero-order valence-corrected chi connectivity index (χ0v) is 17.3. The first kappa shape index (κ1) is 20.4. The van der Waals surface area contributed by atoms with Crippen molar-refractivity contribution in [2.24, 2.45) is 0 Å². The fourth-order valence-corrected chi connectivity index (χ4v) is 3.92. The number of ether oxygens (including phenoxy) is 1. The number of aliphatic hydroxyl groups excluding tert-OH is 1. The summed E-state index contributed by atoms with van der Waals surface area (Å²) in [4.78, 5) is 17.6. The van der Waals surface area contributed by atoms with Crippen LogP contribution >= 0.6 is 11.8 Å². The van der Waals surface area contributed by atoms with Gasteiger partial charge in [0.05, 0.1) is 17.0 Å². The minimum Gasteiger partial charge on any atom is -0.491 e. The van der Waals surface area contributed by atoms with Crippen LogP contribution in [0.4, 0.5) is 0 Å². The third-order valence-corrected chi connectivity index (χ3v) is 5.83. The summed E-state index contributed by atoms with van der Waals surface area (Å²) in [6, 6.07) is 15.1. The van der Waals surface area contributed by atoms with Gasteiger partial charge in [0.15, 0.2) is 5.16 Å². The van der Waals surface area contributed by atoms with Crippen molar-refractivity contribution in [1.82, 2.24) is 9.55 Å². The summed E-state index contributed by atoms with van der Waals surface area (Å²) < 4.78 is 7.47. The Balaban J connectivity index is 1.76. The minimum atomic E-state index is -0.668. The number of rotatable bonds is 8. The number of hydrogen-bond donors (Lipinski definition) is 1. The molecule has 1 N–H and O–H groups in total. The molecule has 148 valence electrons. The molecule has 0 aliphatic heterocycles. The first-order chi connectivity index (χ1) is 13.5. The standard InChI is InChI=1S/C22H26N2O3S/c1-4-16(3)24-21(26)18-10-6-7-11-19(18)23-22(24)28-14-17(25)13-27-20-12-8-5-9-15(20)2/h5-12,16-17,25H,4,13-14H2,1-3H3/t16-,17+/m0/s1. The molecule has 0 saturated carbocycles. The Morgan fingerprint density at radius 1 is 1.18 bits per heavy atom. The molecule has 0 saturated heterocycles. The molecule has 3 rings (SSSR count). The minimum absolute atomic E-state index is 0.0342. The molecule has 0 bridgehead atoms. The van der Waals surface area contributed by atoms with Crippen LogP contribution in [0.25, 0.3) is 10.9 Å². The third-order valence-electron chi connectivity index (χ3n) is 4.74. The van der Waals surface area contributed by atoms with E-state index < -0.39 is 6.10 Å². The number of aryl methyl sites for hydroxylation is 1. The van der Waals surface area contributed by atoms with Gasteiger partial charge in [-0.1, -0.05) is 49.0 Å². The van der Waals surface area contributed by atoms with Gasteiger partial charge in [0.2, 0.25) is 0 Å². The Bertz CT molecular complexity index is 1000. The van der Waals surface area contributed by atoms with Crippen LogP contribution in [0, 0.1) is 6.92 Å². The maximum atomic E-state index is 13.0. The van der Waals surface area contributed by atoms with Gasteiger partial charge in [-0.25, -0.2) is 4.98 Å². The van der Waals surface area contributed by atoms with Crippen LogP contribution in [-0.4, -0.2) is 33.1 Å². The first-order valence-corrected chi connectivity index (χ1v) is 10.5. The van der Waals surface area contributed by atoms with Crippen molar-refractivity contribution in [2.45, 2.75) is 44.5 Å². The number of para-hydroxylation sites is 2. The van der Waals surface area contributed by atoms with Gasteiger partial charge in [-0.15, -0.1) is 0 Å². The molecule has 2 atom stereocenters. The van der Waals surface area contributed by atoms with E-state index in [9.17, 15) is 9.90 Å². The van der Waals surface area contributed by atoms with Gasteiger partial charge < -0.3 is 9.84 Å². The summed E-state index contributed by atoms with van der Waals surface area (Å²) in [6.45, 7) is 6.23. The summed E-state index contributed by atoms with van der Waals surface area (Å²) in [5.41, 5.74) is 1.68. The molecule has 3 aromatic rings. The summed E-state index contributed by atoms with van der Waals surface area (Å²) in [7, 11) is 0. The largest absolute Gasteiger partial charge is 0.491 e. The average Bonchev–Trinajstić information content (AvgIpc) is 2.71. The van der Waals surface area contributed by atoms with Crippen molar-refractivity contribution in [2.75, 3.05) is 12.4 Å². The Kier molecular flexibility index (Phi) is 6.75. The Morgan fingerprint density at radius 2 is 1.89 bits per heavy atom. The van der Waals surface area contributed by atoms with E-state index in [0.717, 1.165) is 17.7 Å². The zero-order valence-electron chi connectivity index (χ0n) is 16.5. The molecule has 1 aromatic heterocycles. The highest BCUT2D eigenvalue weighted by Gasteiger charge is 2.17. The lowest BCUT2D eigenvalue weighted by molar-refractivity contribution is 0.126. The molecule has 0 radical (unpaired) electrons. The van der Waals surface area contributed by atoms with Gasteiger partial charge in [0.25, 0.3) is 5.56 Å². The van der Waals surface area contributed by atoms with Crippen LogP contribution in [0.5, 0.6) is 5.75 Å². The van der Waals surface area contributed by atoms with Crippen LogP contribution in [0.3, 0.4) is 0 Å². The number of thioether (sulfide) groups is 1. The van der Waals surface area contributed by atoms with Crippen molar-refractivity contribution in [3.8, 4) is 5.75 Å². The van der Waals surface area contributed by atoms with E-state index in [1.54, 1.807) is 4.57 Å². The number of benzene rings is 2. The number of fused-ring (bicyclic) bond motifs is 1. The molecule has 0 unspecified atom stereocenters. The van der Waals surface area contributed by atoms with Crippen LogP contribution in [0.1, 0.15) is 31.9 Å².